The van der Waals surface area contributed by atoms with Gasteiger partial charge in [-0.3, -0.25) is 0 Å². The van der Waals surface area contributed by atoms with Gasteiger partial charge in [-0.25, -0.2) is 8.78 Å². The van der Waals surface area contributed by atoms with E-state index in [0.29, 0.717) is 43.2 Å². The maximum Gasteiger partial charge on any atom is 0.270 e. The highest BCUT2D eigenvalue weighted by Gasteiger charge is 2.29. The van der Waals surface area contributed by atoms with E-state index in [1.807, 2.05) is 0 Å². The number of fused-ring (bicyclic) bond motifs is 1. The van der Waals surface area contributed by atoms with Crippen LogP contribution in [0.3, 0.4) is 0 Å². The largest absolute Gasteiger partial charge is 0.490 e. The van der Waals surface area contributed by atoms with Gasteiger partial charge in [0.05, 0.1) is 13.2 Å². The molecule has 1 heterocycles. The highest BCUT2D eigenvalue weighted by atomic mass is 19.3. The molecule has 0 saturated heterocycles. The number of hydrogen-bond donors (Lipinski definition) is 1. The predicted octanol–water partition coefficient (Wildman–Crippen LogP) is 2.72. The van der Waals surface area contributed by atoms with Crippen LogP contribution in [-0.2, 0) is 12.3 Å². The second-order valence-corrected chi connectivity index (χ2v) is 4.75. The molecule has 1 N–H and O–H groups in total. The summed E-state index contributed by atoms with van der Waals surface area (Å²) in [5.74, 6) is -1.90. The maximum absolute atomic E-state index is 13.7. The van der Waals surface area contributed by atoms with E-state index in [-0.39, 0.29) is 5.56 Å². The van der Waals surface area contributed by atoms with Crippen molar-refractivity contribution in [2.45, 2.75) is 25.7 Å². The third-order valence-electron chi connectivity index (χ3n) is 3.09. The summed E-state index contributed by atoms with van der Waals surface area (Å²) in [6.45, 7) is 2.61. The summed E-state index contributed by atoms with van der Waals surface area (Å²) in [5.41, 5.74) is 0.623. The van der Waals surface area contributed by atoms with Crippen LogP contribution in [0.15, 0.2) is 12.1 Å². The molecule has 19 heavy (non-hydrogen) atoms. The summed E-state index contributed by atoms with van der Waals surface area (Å²) in [4.78, 5) is 0. The second-order valence-electron chi connectivity index (χ2n) is 4.75. The molecule has 0 radical (unpaired) electrons. The Balaban J connectivity index is 2.41. The average Bonchev–Trinajstić information content (AvgIpc) is 2.58. The fraction of sp³-hybridized carbons (Fsp3) is 0.571. The number of hydrogen-bond acceptors (Lipinski definition) is 3. The van der Waals surface area contributed by atoms with Crippen molar-refractivity contribution in [2.24, 2.45) is 0 Å². The van der Waals surface area contributed by atoms with E-state index in [0.717, 1.165) is 13.3 Å². The molecule has 0 amide bonds. The van der Waals surface area contributed by atoms with Crippen molar-refractivity contribution < 1.29 is 18.3 Å². The van der Waals surface area contributed by atoms with Crippen molar-refractivity contribution in [3.8, 4) is 11.5 Å². The Bertz CT molecular complexity index is 444. The van der Waals surface area contributed by atoms with Crippen molar-refractivity contribution in [3.63, 3.8) is 0 Å². The molecule has 0 unspecified atom stereocenters. The summed E-state index contributed by atoms with van der Waals surface area (Å²) in [7, 11) is 1.80. The molecule has 1 aromatic carbocycles. The molecule has 0 atom stereocenters. The van der Waals surface area contributed by atoms with E-state index in [1.165, 1.54) is 6.07 Å². The number of nitrogens with one attached hydrogen (secondary N) is 1. The Morgan fingerprint density at radius 3 is 2.42 bits per heavy atom. The van der Waals surface area contributed by atoms with Gasteiger partial charge in [0.15, 0.2) is 11.5 Å². The molecule has 0 aromatic heterocycles. The molecular weight excluding hydrogens is 252 g/mol. The molecule has 1 aliphatic heterocycles. The molecule has 0 fully saturated rings. The lowest BCUT2D eigenvalue weighted by molar-refractivity contribution is 0.0162. The van der Waals surface area contributed by atoms with Gasteiger partial charge < -0.3 is 14.8 Å². The van der Waals surface area contributed by atoms with Gasteiger partial charge in [0.1, 0.15) is 0 Å². The third-order valence-corrected chi connectivity index (χ3v) is 3.09. The summed E-state index contributed by atoms with van der Waals surface area (Å²) >= 11 is 0. The lowest BCUT2D eigenvalue weighted by Crippen LogP contribution is -2.16. The van der Waals surface area contributed by atoms with Crippen LogP contribution < -0.4 is 14.8 Å². The van der Waals surface area contributed by atoms with Crippen LogP contribution in [0.4, 0.5) is 8.78 Å². The first-order valence-corrected chi connectivity index (χ1v) is 6.48. The first kappa shape index (κ1) is 14.1. The monoisotopic (exact) mass is 271 g/mol. The number of rotatable bonds is 4. The Hall–Kier alpha value is -1.36. The number of benzene rings is 1. The Morgan fingerprint density at radius 1 is 1.21 bits per heavy atom. The van der Waals surface area contributed by atoms with Gasteiger partial charge in [-0.2, -0.15) is 0 Å². The molecule has 5 heteroatoms. The van der Waals surface area contributed by atoms with Gasteiger partial charge in [-0.15, -0.1) is 0 Å². The van der Waals surface area contributed by atoms with Gasteiger partial charge in [-0.1, -0.05) is 0 Å². The van der Waals surface area contributed by atoms with Gasteiger partial charge in [0.2, 0.25) is 0 Å². The molecule has 1 aromatic rings. The fourth-order valence-electron chi connectivity index (χ4n) is 2.13. The van der Waals surface area contributed by atoms with Crippen molar-refractivity contribution >= 4 is 0 Å². The Morgan fingerprint density at radius 2 is 1.84 bits per heavy atom. The van der Waals surface area contributed by atoms with Crippen molar-refractivity contribution in [1.82, 2.24) is 5.32 Å². The second kappa shape index (κ2) is 5.74. The lowest BCUT2D eigenvalue weighted by atomic mass is 9.99. The van der Waals surface area contributed by atoms with Crippen LogP contribution in [0.1, 0.15) is 24.5 Å². The zero-order chi connectivity index (χ0) is 13.9. The van der Waals surface area contributed by atoms with Crippen LogP contribution in [0.2, 0.25) is 0 Å². The first-order valence-electron chi connectivity index (χ1n) is 6.48. The molecule has 0 saturated carbocycles. The molecule has 106 valence electrons. The zero-order valence-electron chi connectivity index (χ0n) is 11.3. The Kier molecular flexibility index (Phi) is 4.24. The normalized spacial score (nSPS) is 15.2. The van der Waals surface area contributed by atoms with E-state index in [2.05, 4.69) is 5.32 Å². The lowest BCUT2D eigenvalue weighted by Gasteiger charge is -2.19. The van der Waals surface area contributed by atoms with Gasteiger partial charge in [0.25, 0.3) is 5.92 Å². The number of likely N-dealkylation sites (N-methyl/N-ethyl adjacent to an activating group) is 1. The fourth-order valence-corrected chi connectivity index (χ4v) is 2.13. The van der Waals surface area contributed by atoms with E-state index < -0.39 is 5.92 Å². The van der Waals surface area contributed by atoms with Crippen molar-refractivity contribution in [2.75, 3.05) is 26.8 Å². The molecule has 0 bridgehead atoms. The minimum absolute atomic E-state index is 0.0204. The smallest absolute Gasteiger partial charge is 0.270 e. The molecule has 0 aliphatic carbocycles. The SMILES string of the molecule is CNCCc1cc2c(cc1C(C)(F)F)OCCCO2. The van der Waals surface area contributed by atoms with E-state index >= 15 is 0 Å². The van der Waals surface area contributed by atoms with E-state index in [9.17, 15) is 8.78 Å². The van der Waals surface area contributed by atoms with Gasteiger partial charge in [-0.05, 0) is 37.7 Å². The minimum Gasteiger partial charge on any atom is -0.490 e. The summed E-state index contributed by atoms with van der Waals surface area (Å²) in [6, 6.07) is 3.11. The van der Waals surface area contributed by atoms with Crippen LogP contribution >= 0.6 is 0 Å². The summed E-state index contributed by atoms with van der Waals surface area (Å²) in [5, 5.41) is 2.97. The molecule has 3 nitrogen and oxygen atoms in total. The van der Waals surface area contributed by atoms with Crippen molar-refractivity contribution in [3.05, 3.63) is 23.3 Å². The molecular formula is C14H19F2NO2. The Labute approximate surface area is 111 Å². The van der Waals surface area contributed by atoms with Crippen LogP contribution in [0.5, 0.6) is 11.5 Å². The van der Waals surface area contributed by atoms with E-state index in [1.54, 1.807) is 13.1 Å². The molecule has 2 rings (SSSR count). The first-order chi connectivity index (χ1) is 9.02. The minimum atomic E-state index is -2.88. The van der Waals surface area contributed by atoms with Gasteiger partial charge >= 0.3 is 0 Å². The van der Waals surface area contributed by atoms with Gasteiger partial charge in [0, 0.05) is 18.9 Å². The predicted molar refractivity (Wildman–Crippen MR) is 69.2 cm³/mol. The maximum atomic E-state index is 13.7. The van der Waals surface area contributed by atoms with Crippen LogP contribution in [-0.4, -0.2) is 26.8 Å². The summed E-state index contributed by atoms with van der Waals surface area (Å²) < 4.78 is 38.4. The van der Waals surface area contributed by atoms with Crippen molar-refractivity contribution in [1.29, 1.82) is 0 Å². The van der Waals surface area contributed by atoms with E-state index in [4.69, 9.17) is 9.47 Å². The average molecular weight is 271 g/mol. The number of alkyl halides is 2. The molecule has 1 aliphatic rings. The standard InChI is InChI=1S/C14H19F2NO2/c1-14(15,16)11-9-13-12(18-6-3-7-19-13)8-10(11)4-5-17-2/h8-9,17H,3-7H2,1-2H3. The van der Waals surface area contributed by atoms with Crippen LogP contribution in [0, 0.1) is 0 Å². The topological polar surface area (TPSA) is 30.5 Å². The number of ether oxygens (including phenoxy) is 2. The third kappa shape index (κ3) is 3.35. The molecule has 0 spiro atoms. The zero-order valence-corrected chi connectivity index (χ0v) is 11.3. The quantitative estimate of drug-likeness (QED) is 0.913. The van der Waals surface area contributed by atoms with Crippen LogP contribution in [0.25, 0.3) is 0 Å². The highest BCUT2D eigenvalue weighted by Crippen LogP contribution is 2.39. The number of halogens is 2. The summed E-state index contributed by atoms with van der Waals surface area (Å²) in [6.07, 6.45) is 1.30. The highest BCUT2D eigenvalue weighted by molar-refractivity contribution is 5.49.